The predicted molar refractivity (Wildman–Crippen MR) is 84.0 cm³/mol. The van der Waals surface area contributed by atoms with Crippen molar-refractivity contribution in [1.29, 1.82) is 0 Å². The molecular weight excluding hydrogens is 248 g/mol. The van der Waals surface area contributed by atoms with Crippen molar-refractivity contribution < 1.29 is 4.74 Å². The second-order valence-corrected chi connectivity index (χ2v) is 5.36. The molecule has 1 unspecified atom stereocenters. The number of aromatic nitrogens is 1. The normalized spacial score (nSPS) is 13.1. The first-order valence-corrected chi connectivity index (χ1v) is 7.33. The first-order valence-electron chi connectivity index (χ1n) is 7.33. The average Bonchev–Trinajstić information content (AvgIpc) is 2.42. The quantitative estimate of drug-likeness (QED) is 0.872. The van der Waals surface area contributed by atoms with Gasteiger partial charge >= 0.3 is 0 Å². The van der Waals surface area contributed by atoms with Gasteiger partial charge in [0.1, 0.15) is 0 Å². The van der Waals surface area contributed by atoms with E-state index >= 15 is 0 Å². The summed E-state index contributed by atoms with van der Waals surface area (Å²) in [5.41, 5.74) is 3.37. The van der Waals surface area contributed by atoms with E-state index in [0.717, 1.165) is 17.8 Å². The molecule has 3 heteroatoms. The summed E-state index contributed by atoms with van der Waals surface area (Å²) >= 11 is 0. The van der Waals surface area contributed by atoms with Gasteiger partial charge in [-0.2, -0.15) is 0 Å². The van der Waals surface area contributed by atoms with E-state index in [-0.39, 0.29) is 12.1 Å². The smallest absolute Gasteiger partial charge is 0.0708 e. The molecule has 0 aliphatic rings. The van der Waals surface area contributed by atoms with E-state index < -0.39 is 0 Å². The highest BCUT2D eigenvalue weighted by atomic mass is 16.5. The zero-order valence-corrected chi connectivity index (χ0v) is 12.8. The van der Waals surface area contributed by atoms with Gasteiger partial charge in [0, 0.05) is 11.1 Å². The number of rotatable bonds is 6. The number of ether oxygens (including phenoxy) is 1. The molecule has 20 heavy (non-hydrogen) atoms. The lowest BCUT2D eigenvalue weighted by Crippen LogP contribution is -2.27. The van der Waals surface area contributed by atoms with Crippen LogP contribution in [0, 0.1) is 6.92 Å². The zero-order valence-electron chi connectivity index (χ0n) is 12.8. The molecule has 1 aromatic heterocycles. The second-order valence-electron chi connectivity index (χ2n) is 5.36. The summed E-state index contributed by atoms with van der Waals surface area (Å²) in [5, 5.41) is 4.73. The maximum atomic E-state index is 5.82. The van der Waals surface area contributed by atoms with Crippen LogP contribution in [0.4, 0.5) is 0 Å². The Morgan fingerprint density at radius 1 is 1.25 bits per heavy atom. The van der Waals surface area contributed by atoms with Crippen molar-refractivity contribution in [2.45, 2.75) is 39.8 Å². The van der Waals surface area contributed by atoms with E-state index in [4.69, 9.17) is 4.74 Å². The first kappa shape index (κ1) is 14.9. The van der Waals surface area contributed by atoms with Crippen LogP contribution in [0.15, 0.2) is 30.3 Å². The molecule has 1 N–H and O–H groups in total. The van der Waals surface area contributed by atoms with Gasteiger partial charge in [-0.1, -0.05) is 25.1 Å². The third-order valence-electron chi connectivity index (χ3n) is 3.30. The van der Waals surface area contributed by atoms with Crippen molar-refractivity contribution in [2.75, 3.05) is 13.2 Å². The molecule has 0 bridgehead atoms. The number of pyridine rings is 1. The van der Waals surface area contributed by atoms with E-state index in [1.165, 1.54) is 10.9 Å². The van der Waals surface area contributed by atoms with Crippen molar-refractivity contribution in [1.82, 2.24) is 10.3 Å². The van der Waals surface area contributed by atoms with Gasteiger partial charge in [-0.25, -0.2) is 0 Å². The fraction of sp³-hybridized carbons (Fsp3) is 0.471. The summed E-state index contributed by atoms with van der Waals surface area (Å²) in [4.78, 5) is 4.61. The van der Waals surface area contributed by atoms with Gasteiger partial charge in [-0.3, -0.25) is 4.98 Å². The number of para-hydroxylation sites is 1. The summed E-state index contributed by atoms with van der Waals surface area (Å²) in [5.74, 6) is 0. The molecule has 2 rings (SSSR count). The van der Waals surface area contributed by atoms with Gasteiger partial charge in [-0.15, -0.1) is 0 Å². The Morgan fingerprint density at radius 2 is 2.00 bits per heavy atom. The van der Waals surface area contributed by atoms with E-state index in [1.54, 1.807) is 0 Å². The number of hydrogen-bond donors (Lipinski definition) is 1. The molecular formula is C17H24N2O. The van der Waals surface area contributed by atoms with Crippen LogP contribution in [0.1, 0.15) is 38.1 Å². The highest BCUT2D eigenvalue weighted by Gasteiger charge is 2.15. The topological polar surface area (TPSA) is 34.1 Å². The summed E-state index contributed by atoms with van der Waals surface area (Å²) < 4.78 is 5.82. The maximum absolute atomic E-state index is 5.82. The number of aryl methyl sites for hydroxylation is 1. The van der Waals surface area contributed by atoms with Crippen molar-refractivity contribution in [2.24, 2.45) is 0 Å². The minimum absolute atomic E-state index is 0.203. The number of nitrogens with zero attached hydrogens (tertiary/aromatic N) is 1. The van der Waals surface area contributed by atoms with Crippen LogP contribution in [-0.2, 0) is 4.74 Å². The lowest BCUT2D eigenvalue weighted by molar-refractivity contribution is 0.0617. The highest BCUT2D eigenvalue weighted by molar-refractivity contribution is 5.82. The Bertz CT molecular complexity index is 566. The van der Waals surface area contributed by atoms with Crippen LogP contribution < -0.4 is 5.32 Å². The minimum Gasteiger partial charge on any atom is -0.377 e. The molecule has 108 valence electrons. The van der Waals surface area contributed by atoms with Gasteiger partial charge in [-0.05, 0) is 45.0 Å². The Balaban J connectivity index is 2.40. The van der Waals surface area contributed by atoms with E-state index in [9.17, 15) is 0 Å². The fourth-order valence-electron chi connectivity index (χ4n) is 2.42. The standard InChI is InChI=1S/C17H24N2O/c1-5-18-17(11-20-12(2)3)15-10-13(4)19-16-9-7-6-8-14(15)16/h6-10,12,17-18H,5,11H2,1-4H3. The number of nitrogens with one attached hydrogen (secondary N) is 1. The maximum Gasteiger partial charge on any atom is 0.0708 e. The third kappa shape index (κ3) is 3.56. The van der Waals surface area contributed by atoms with Gasteiger partial charge in [0.25, 0.3) is 0 Å². The Morgan fingerprint density at radius 3 is 2.70 bits per heavy atom. The molecule has 1 heterocycles. The summed E-state index contributed by atoms with van der Waals surface area (Å²) in [6.07, 6.45) is 0.241. The summed E-state index contributed by atoms with van der Waals surface area (Å²) in [7, 11) is 0. The van der Waals surface area contributed by atoms with Crippen molar-refractivity contribution in [3.05, 3.63) is 41.6 Å². The van der Waals surface area contributed by atoms with Crippen LogP contribution in [0.5, 0.6) is 0 Å². The van der Waals surface area contributed by atoms with Crippen LogP contribution in [-0.4, -0.2) is 24.2 Å². The van der Waals surface area contributed by atoms with E-state index in [0.29, 0.717) is 6.61 Å². The predicted octanol–water partition coefficient (Wildman–Crippen LogP) is 3.62. The van der Waals surface area contributed by atoms with E-state index in [2.05, 4.69) is 55.3 Å². The number of hydrogen-bond acceptors (Lipinski definition) is 3. The van der Waals surface area contributed by atoms with Crippen molar-refractivity contribution >= 4 is 10.9 Å². The van der Waals surface area contributed by atoms with Crippen LogP contribution >= 0.6 is 0 Å². The highest BCUT2D eigenvalue weighted by Crippen LogP contribution is 2.24. The van der Waals surface area contributed by atoms with Gasteiger partial charge < -0.3 is 10.1 Å². The Hall–Kier alpha value is -1.45. The number of benzene rings is 1. The zero-order chi connectivity index (χ0) is 14.5. The lowest BCUT2D eigenvalue weighted by atomic mass is 10.0. The largest absolute Gasteiger partial charge is 0.377 e. The molecule has 0 saturated carbocycles. The van der Waals surface area contributed by atoms with Gasteiger partial charge in [0.2, 0.25) is 0 Å². The summed E-state index contributed by atoms with van der Waals surface area (Å²) in [6, 6.07) is 10.7. The Labute approximate surface area is 121 Å². The third-order valence-corrected chi connectivity index (χ3v) is 3.30. The molecule has 0 saturated heterocycles. The molecule has 3 nitrogen and oxygen atoms in total. The van der Waals surface area contributed by atoms with Gasteiger partial charge in [0.15, 0.2) is 0 Å². The van der Waals surface area contributed by atoms with Crippen molar-refractivity contribution in [3.8, 4) is 0 Å². The minimum atomic E-state index is 0.203. The molecule has 2 aromatic rings. The molecule has 1 aromatic carbocycles. The SMILES string of the molecule is CCNC(COC(C)C)c1cc(C)nc2ccccc12. The van der Waals surface area contributed by atoms with Crippen LogP contribution in [0.2, 0.25) is 0 Å². The molecule has 0 amide bonds. The monoisotopic (exact) mass is 272 g/mol. The molecule has 0 radical (unpaired) electrons. The Kier molecular flexibility index (Phi) is 5.10. The average molecular weight is 272 g/mol. The molecule has 0 aliphatic heterocycles. The molecule has 1 atom stereocenters. The molecule has 0 spiro atoms. The molecule has 0 fully saturated rings. The van der Waals surface area contributed by atoms with E-state index in [1.807, 2.05) is 13.0 Å². The van der Waals surface area contributed by atoms with Crippen LogP contribution in [0.25, 0.3) is 10.9 Å². The number of fused-ring (bicyclic) bond motifs is 1. The van der Waals surface area contributed by atoms with Crippen molar-refractivity contribution in [3.63, 3.8) is 0 Å². The second kappa shape index (κ2) is 6.82. The van der Waals surface area contributed by atoms with Crippen LogP contribution in [0.3, 0.4) is 0 Å². The first-order chi connectivity index (χ1) is 9.61. The molecule has 0 aliphatic carbocycles. The van der Waals surface area contributed by atoms with Gasteiger partial charge in [0.05, 0.1) is 24.3 Å². The summed E-state index contributed by atoms with van der Waals surface area (Å²) in [6.45, 7) is 9.90. The fourth-order valence-corrected chi connectivity index (χ4v) is 2.42. The lowest BCUT2D eigenvalue weighted by Gasteiger charge is -2.22. The number of likely N-dealkylation sites (N-methyl/N-ethyl adjacent to an activating group) is 1.